The normalized spacial score (nSPS) is 13.5. The number of methoxy groups -OCH3 is 2. The Labute approximate surface area is 272 Å². The van der Waals surface area contributed by atoms with E-state index in [9.17, 15) is 9.59 Å². The SMILES string of the molecule is C=CC(=O)Nc1cc(Cc2nccc(C(=O)c3ccc(N4CCC(N(C)C)CC4)cc3OC)n2)c(OC)cc1N(C)CCN(C)C. The number of carbonyl (C=O) groups excluding carboxylic acids is 2. The van der Waals surface area contributed by atoms with Crippen LogP contribution in [0.5, 0.6) is 11.5 Å². The Bertz CT molecular complexity index is 1530. The molecule has 46 heavy (non-hydrogen) atoms. The van der Waals surface area contributed by atoms with E-state index < -0.39 is 0 Å². The zero-order valence-electron chi connectivity index (χ0n) is 28.2. The first-order valence-electron chi connectivity index (χ1n) is 15.5. The molecule has 2 aromatic carbocycles. The highest BCUT2D eigenvalue weighted by Crippen LogP contribution is 2.35. The zero-order chi connectivity index (χ0) is 33.4. The van der Waals surface area contributed by atoms with Crippen LogP contribution in [0.15, 0.2) is 55.3 Å². The molecule has 3 aromatic rings. The molecular weight excluding hydrogens is 582 g/mol. The third-order valence-corrected chi connectivity index (χ3v) is 8.41. The summed E-state index contributed by atoms with van der Waals surface area (Å²) in [5, 5.41) is 2.92. The van der Waals surface area contributed by atoms with Crippen LogP contribution in [0.4, 0.5) is 17.1 Å². The molecule has 1 aliphatic rings. The van der Waals surface area contributed by atoms with Gasteiger partial charge in [0.15, 0.2) is 0 Å². The maximum Gasteiger partial charge on any atom is 0.247 e. The van der Waals surface area contributed by atoms with E-state index in [0.717, 1.165) is 56.0 Å². The van der Waals surface area contributed by atoms with E-state index in [1.165, 1.54) is 6.08 Å². The fourth-order valence-corrected chi connectivity index (χ4v) is 5.64. The molecule has 11 heteroatoms. The van der Waals surface area contributed by atoms with Gasteiger partial charge in [0.25, 0.3) is 0 Å². The van der Waals surface area contributed by atoms with Crippen molar-refractivity contribution in [2.75, 3.05) is 90.8 Å². The van der Waals surface area contributed by atoms with Gasteiger partial charge in [-0.25, -0.2) is 9.97 Å². The fourth-order valence-electron chi connectivity index (χ4n) is 5.64. The monoisotopic (exact) mass is 629 g/mol. The largest absolute Gasteiger partial charge is 0.496 e. The van der Waals surface area contributed by atoms with E-state index in [2.05, 4.69) is 55.6 Å². The van der Waals surface area contributed by atoms with Crippen LogP contribution in [0.25, 0.3) is 0 Å². The highest BCUT2D eigenvalue weighted by atomic mass is 16.5. The number of likely N-dealkylation sites (N-methyl/N-ethyl adjacent to an activating group) is 2. The van der Waals surface area contributed by atoms with Crippen LogP contribution in [0.2, 0.25) is 0 Å². The van der Waals surface area contributed by atoms with Crippen molar-refractivity contribution in [1.29, 1.82) is 0 Å². The second-order valence-corrected chi connectivity index (χ2v) is 12.0. The maximum atomic E-state index is 13.7. The average molecular weight is 630 g/mol. The summed E-state index contributed by atoms with van der Waals surface area (Å²) < 4.78 is 11.4. The molecule has 246 valence electrons. The number of aromatic nitrogens is 2. The van der Waals surface area contributed by atoms with Gasteiger partial charge in [-0.3, -0.25) is 9.59 Å². The average Bonchev–Trinajstić information content (AvgIpc) is 3.06. The maximum absolute atomic E-state index is 13.7. The number of benzene rings is 2. The summed E-state index contributed by atoms with van der Waals surface area (Å²) in [5.74, 6) is 1.01. The van der Waals surface area contributed by atoms with Crippen molar-refractivity contribution in [3.8, 4) is 11.5 Å². The van der Waals surface area contributed by atoms with Crippen molar-refractivity contribution in [2.24, 2.45) is 0 Å². The lowest BCUT2D eigenvalue weighted by atomic mass is 10.0. The molecule has 1 aromatic heterocycles. The number of piperidine rings is 1. The molecular formula is C35H47N7O4. The molecule has 4 rings (SSSR count). The summed E-state index contributed by atoms with van der Waals surface area (Å²) in [6.45, 7) is 7.05. The summed E-state index contributed by atoms with van der Waals surface area (Å²) in [6.07, 6.45) is 5.27. The number of ketones is 1. The minimum absolute atomic E-state index is 0.248. The highest BCUT2D eigenvalue weighted by Gasteiger charge is 2.24. The van der Waals surface area contributed by atoms with Gasteiger partial charge < -0.3 is 34.4 Å². The molecule has 0 radical (unpaired) electrons. The third kappa shape index (κ3) is 8.41. The molecule has 0 saturated carbocycles. The predicted molar refractivity (Wildman–Crippen MR) is 184 cm³/mol. The standard InChI is InChI=1S/C35H47N7O4/c1-9-34(43)38-29-20-24(31(45-7)23-30(29)41(6)19-18-39(2)3)21-33-36-15-12-28(37-33)35(44)27-11-10-26(22-32(27)46-8)42-16-13-25(14-17-42)40(4)5/h9-12,15,20,22-23,25H,1,13-14,16-19,21H2,2-8H3,(H,38,43). The van der Waals surface area contributed by atoms with E-state index >= 15 is 0 Å². The molecule has 2 heterocycles. The first-order valence-corrected chi connectivity index (χ1v) is 15.5. The van der Waals surface area contributed by atoms with Gasteiger partial charge in [-0.2, -0.15) is 0 Å². The van der Waals surface area contributed by atoms with E-state index in [4.69, 9.17) is 9.47 Å². The molecule has 0 aliphatic carbocycles. The zero-order valence-corrected chi connectivity index (χ0v) is 28.2. The molecule has 1 amide bonds. The van der Waals surface area contributed by atoms with Crippen LogP contribution in [0.1, 0.15) is 40.3 Å². The number of rotatable bonds is 14. The molecule has 1 saturated heterocycles. The van der Waals surface area contributed by atoms with Gasteiger partial charge in [0, 0.05) is 75.3 Å². The molecule has 0 atom stereocenters. The number of hydrogen-bond donors (Lipinski definition) is 1. The van der Waals surface area contributed by atoms with Crippen molar-refractivity contribution < 1.29 is 19.1 Å². The number of nitrogens with zero attached hydrogens (tertiary/aromatic N) is 6. The van der Waals surface area contributed by atoms with Gasteiger partial charge >= 0.3 is 0 Å². The number of carbonyl (C=O) groups is 2. The Kier molecular flexibility index (Phi) is 11.7. The second-order valence-electron chi connectivity index (χ2n) is 12.0. The van der Waals surface area contributed by atoms with Gasteiger partial charge in [0.1, 0.15) is 23.0 Å². The lowest BCUT2D eigenvalue weighted by Crippen LogP contribution is -2.42. The predicted octanol–water partition coefficient (Wildman–Crippen LogP) is 3.97. The van der Waals surface area contributed by atoms with Crippen molar-refractivity contribution in [1.82, 2.24) is 19.8 Å². The number of anilines is 3. The number of amides is 1. The van der Waals surface area contributed by atoms with Crippen molar-refractivity contribution in [2.45, 2.75) is 25.3 Å². The Hall–Kier alpha value is -4.48. The van der Waals surface area contributed by atoms with Gasteiger partial charge in [-0.05, 0) is 71.4 Å². The third-order valence-electron chi connectivity index (χ3n) is 8.41. The summed E-state index contributed by atoms with van der Waals surface area (Å²) in [4.78, 5) is 43.9. The minimum atomic E-state index is -0.319. The summed E-state index contributed by atoms with van der Waals surface area (Å²) in [7, 11) is 13.4. The first kappa shape index (κ1) is 34.4. The molecule has 0 bridgehead atoms. The van der Waals surface area contributed by atoms with Crippen LogP contribution in [-0.2, 0) is 11.2 Å². The molecule has 0 spiro atoms. The van der Waals surface area contributed by atoms with Crippen LogP contribution in [-0.4, -0.2) is 113 Å². The number of nitrogens with one attached hydrogen (secondary N) is 1. The lowest BCUT2D eigenvalue weighted by Gasteiger charge is -2.36. The van der Waals surface area contributed by atoms with Crippen LogP contribution < -0.4 is 24.6 Å². The van der Waals surface area contributed by atoms with Gasteiger partial charge in [-0.15, -0.1) is 0 Å². The van der Waals surface area contributed by atoms with E-state index in [1.54, 1.807) is 26.5 Å². The van der Waals surface area contributed by atoms with Gasteiger partial charge in [0.2, 0.25) is 11.7 Å². The number of hydrogen-bond acceptors (Lipinski definition) is 10. The van der Waals surface area contributed by atoms with Gasteiger partial charge in [-0.1, -0.05) is 6.58 Å². The number of ether oxygens (including phenoxy) is 2. The summed E-state index contributed by atoms with van der Waals surface area (Å²) in [6, 6.07) is 11.7. The smallest absolute Gasteiger partial charge is 0.247 e. The summed E-state index contributed by atoms with van der Waals surface area (Å²) >= 11 is 0. The molecule has 1 aliphatic heterocycles. The lowest BCUT2D eigenvalue weighted by molar-refractivity contribution is -0.111. The Morgan fingerprint density at radius 3 is 2.35 bits per heavy atom. The fraction of sp³-hybridized carbons (Fsp3) is 0.429. The van der Waals surface area contributed by atoms with Crippen LogP contribution in [0, 0.1) is 0 Å². The summed E-state index contributed by atoms with van der Waals surface area (Å²) in [5.41, 5.74) is 3.93. The molecule has 1 fully saturated rings. The molecule has 0 unspecified atom stereocenters. The van der Waals surface area contributed by atoms with Crippen molar-refractivity contribution in [3.63, 3.8) is 0 Å². The Morgan fingerprint density at radius 1 is 1.00 bits per heavy atom. The minimum Gasteiger partial charge on any atom is -0.496 e. The quantitative estimate of drug-likeness (QED) is 0.208. The topological polar surface area (TPSA) is 103 Å². The van der Waals surface area contributed by atoms with E-state index in [1.807, 2.05) is 51.5 Å². The highest BCUT2D eigenvalue weighted by molar-refractivity contribution is 6.09. The van der Waals surface area contributed by atoms with E-state index in [0.29, 0.717) is 34.6 Å². The first-order chi connectivity index (χ1) is 22.0. The van der Waals surface area contributed by atoms with Gasteiger partial charge in [0.05, 0.1) is 31.2 Å². The second kappa shape index (κ2) is 15.7. The van der Waals surface area contributed by atoms with Crippen LogP contribution in [0.3, 0.4) is 0 Å². The Morgan fingerprint density at radius 2 is 1.72 bits per heavy atom. The van der Waals surface area contributed by atoms with Crippen molar-refractivity contribution >= 4 is 28.8 Å². The molecule has 1 N–H and O–H groups in total. The molecule has 11 nitrogen and oxygen atoms in total. The van der Waals surface area contributed by atoms with Crippen molar-refractivity contribution in [3.05, 3.63) is 77.9 Å². The van der Waals surface area contributed by atoms with E-state index in [-0.39, 0.29) is 23.8 Å². The Balaban J connectivity index is 1.59. The van der Waals surface area contributed by atoms with Crippen LogP contribution >= 0.6 is 0 Å².